The molecule has 0 saturated heterocycles. The van der Waals surface area contributed by atoms with Crippen molar-refractivity contribution in [3.8, 4) is 65.4 Å². The molecule has 0 aliphatic heterocycles. The van der Waals surface area contributed by atoms with E-state index in [-0.39, 0.29) is 16.6 Å². The topological polar surface area (TPSA) is 6.48 Å². The van der Waals surface area contributed by atoms with Gasteiger partial charge in [-0.05, 0) is 122 Å². The fraction of sp³-hybridized carbons (Fsp3) is 0.0857. The van der Waals surface area contributed by atoms with Crippen LogP contribution in [0.2, 0.25) is 0 Å². The van der Waals surface area contributed by atoms with Crippen molar-refractivity contribution in [3.63, 3.8) is 0 Å². The lowest BCUT2D eigenvalue weighted by molar-refractivity contribution is 0.603. The molecule has 356 valence electrons. The Morgan fingerprint density at radius 3 is 1.20 bits per heavy atom. The minimum atomic E-state index is -0.375. The van der Waals surface area contributed by atoms with Crippen molar-refractivity contribution in [1.29, 1.82) is 0 Å². The van der Waals surface area contributed by atoms with Gasteiger partial charge in [0.05, 0.1) is 17.1 Å². The molecule has 11 aromatic rings. The summed E-state index contributed by atoms with van der Waals surface area (Å²) in [7, 11) is 0. The molecule has 0 saturated carbocycles. The quantitative estimate of drug-likeness (QED) is 0.135. The Kier molecular flexibility index (Phi) is 10.9. The molecule has 0 spiro atoms. The summed E-state index contributed by atoms with van der Waals surface area (Å²) in [6.07, 6.45) is 0. The zero-order valence-electron chi connectivity index (χ0n) is 41.9. The average Bonchev–Trinajstić information content (AvgIpc) is 4.03. The second-order valence-corrected chi connectivity index (χ2v) is 21.6. The first-order chi connectivity index (χ1) is 36.2. The molecule has 2 nitrogen and oxygen atoms in total. The second kappa shape index (κ2) is 17.9. The van der Waals surface area contributed by atoms with Crippen molar-refractivity contribution in [2.24, 2.45) is 0 Å². The van der Waals surface area contributed by atoms with Gasteiger partial charge < -0.3 is 9.80 Å². The van der Waals surface area contributed by atoms with Gasteiger partial charge in [0.1, 0.15) is 5.82 Å². The molecular weight excluding hydrogens is 920 g/mol. The first kappa shape index (κ1) is 45.3. The van der Waals surface area contributed by atoms with E-state index in [4.69, 9.17) is 0 Å². The number of rotatable bonds is 10. The fourth-order valence-corrected chi connectivity index (χ4v) is 13.7. The number of thiophene rings is 1. The molecule has 0 radical (unpaired) electrons. The van der Waals surface area contributed by atoms with E-state index in [1.165, 1.54) is 54.3 Å². The van der Waals surface area contributed by atoms with Crippen LogP contribution in [0.4, 0.5) is 38.5 Å². The maximum Gasteiger partial charge on any atom is 0.148 e. The lowest BCUT2D eigenvalue weighted by atomic mass is 9.74. The van der Waals surface area contributed by atoms with Crippen molar-refractivity contribution < 1.29 is 4.39 Å². The largest absolute Gasteiger partial charge is 0.310 e. The van der Waals surface area contributed by atoms with E-state index < -0.39 is 0 Å². The maximum atomic E-state index is 17.9. The van der Waals surface area contributed by atoms with Crippen LogP contribution in [-0.4, -0.2) is 0 Å². The van der Waals surface area contributed by atoms with Gasteiger partial charge in [0.2, 0.25) is 0 Å². The van der Waals surface area contributed by atoms with Crippen molar-refractivity contribution >= 4 is 45.5 Å². The minimum Gasteiger partial charge on any atom is -0.310 e. The normalized spacial score (nSPS) is 13.4. The molecule has 0 fully saturated rings. The summed E-state index contributed by atoms with van der Waals surface area (Å²) in [6.45, 7) is 9.62. The number of hydrogen-bond acceptors (Lipinski definition) is 3. The van der Waals surface area contributed by atoms with Crippen LogP contribution in [0, 0.1) is 5.82 Å². The number of para-hydroxylation sites is 3. The van der Waals surface area contributed by atoms with E-state index in [0.29, 0.717) is 5.69 Å². The van der Waals surface area contributed by atoms with Gasteiger partial charge in [-0.1, -0.05) is 216 Å². The van der Waals surface area contributed by atoms with Crippen molar-refractivity contribution in [2.45, 2.75) is 38.5 Å². The van der Waals surface area contributed by atoms with Crippen LogP contribution in [0.1, 0.15) is 49.9 Å². The highest BCUT2D eigenvalue weighted by atomic mass is 32.1. The molecule has 0 amide bonds. The highest BCUT2D eigenvalue weighted by Crippen LogP contribution is 2.64. The summed E-state index contributed by atoms with van der Waals surface area (Å²) < 4.78 is 17.9. The van der Waals surface area contributed by atoms with Crippen LogP contribution in [-0.2, 0) is 10.8 Å². The first-order valence-electron chi connectivity index (χ1n) is 25.5. The van der Waals surface area contributed by atoms with E-state index in [1.807, 2.05) is 65.9 Å². The van der Waals surface area contributed by atoms with Crippen LogP contribution < -0.4 is 9.80 Å². The van der Waals surface area contributed by atoms with Gasteiger partial charge in [-0.2, -0.15) is 0 Å². The molecule has 1 aromatic heterocycles. The van der Waals surface area contributed by atoms with Crippen molar-refractivity contribution in [1.82, 2.24) is 0 Å². The fourth-order valence-electron chi connectivity index (χ4n) is 12.0. The van der Waals surface area contributed by atoms with Gasteiger partial charge in [-0.3, -0.25) is 0 Å². The van der Waals surface area contributed by atoms with Crippen LogP contribution in [0.3, 0.4) is 0 Å². The first-order valence-corrected chi connectivity index (χ1v) is 26.3. The van der Waals surface area contributed by atoms with E-state index in [9.17, 15) is 0 Å². The summed E-state index contributed by atoms with van der Waals surface area (Å²) in [6, 6.07) is 87.3. The van der Waals surface area contributed by atoms with Gasteiger partial charge in [-0.25, -0.2) is 4.39 Å². The highest BCUT2D eigenvalue weighted by Gasteiger charge is 2.48. The maximum absolute atomic E-state index is 17.9. The van der Waals surface area contributed by atoms with Gasteiger partial charge >= 0.3 is 0 Å². The summed E-state index contributed by atoms with van der Waals surface area (Å²) >= 11 is 1.93. The SMILES string of the molecule is CC1(C)c2cc(N(c3ccccc3)c3ccccc3-c3ccccc3)ccc2-c2sc3c(c21)C(C)(C)c1cc(N(c2ccccc2-c2ccccc2)c2c(F)cc(-c4ccccc4)cc2-c2ccccc2)ccc1-3. The van der Waals surface area contributed by atoms with Gasteiger partial charge in [-0.15, -0.1) is 11.3 Å². The molecule has 0 bridgehead atoms. The Bertz CT molecular complexity index is 3900. The Morgan fingerprint density at radius 2 is 0.716 bits per heavy atom. The lowest BCUT2D eigenvalue weighted by Crippen LogP contribution is -2.24. The molecule has 10 aromatic carbocycles. The Hall–Kier alpha value is -8.57. The zero-order chi connectivity index (χ0) is 50.1. The summed E-state index contributed by atoms with van der Waals surface area (Å²) in [5.41, 5.74) is 20.9. The molecule has 2 aliphatic rings. The molecule has 2 aliphatic carbocycles. The third-order valence-corrected chi connectivity index (χ3v) is 16.7. The molecule has 1 heterocycles. The molecular formula is C70H53FN2S. The molecule has 4 heteroatoms. The van der Waals surface area contributed by atoms with E-state index >= 15 is 4.39 Å². The lowest BCUT2D eigenvalue weighted by Gasteiger charge is -2.32. The Morgan fingerprint density at radius 1 is 0.324 bits per heavy atom. The number of halogens is 1. The van der Waals surface area contributed by atoms with Crippen LogP contribution in [0.25, 0.3) is 65.4 Å². The predicted molar refractivity (Wildman–Crippen MR) is 311 cm³/mol. The van der Waals surface area contributed by atoms with Crippen LogP contribution >= 0.6 is 11.3 Å². The summed E-state index contributed by atoms with van der Waals surface area (Å²) in [5, 5.41) is 0. The zero-order valence-corrected chi connectivity index (χ0v) is 42.7. The molecule has 0 N–H and O–H groups in total. The van der Waals surface area contributed by atoms with Crippen molar-refractivity contribution in [3.05, 3.63) is 277 Å². The molecule has 0 atom stereocenters. The van der Waals surface area contributed by atoms with E-state index in [2.05, 4.69) is 226 Å². The Balaban J connectivity index is 0.957. The molecule has 74 heavy (non-hydrogen) atoms. The number of fused-ring (bicyclic) bond motifs is 7. The molecule has 0 unspecified atom stereocenters. The van der Waals surface area contributed by atoms with E-state index in [0.717, 1.165) is 61.8 Å². The van der Waals surface area contributed by atoms with Crippen molar-refractivity contribution in [2.75, 3.05) is 9.80 Å². The monoisotopic (exact) mass is 972 g/mol. The predicted octanol–water partition coefficient (Wildman–Crippen LogP) is 20.1. The standard InChI is InChI=1S/C70H53FN2S/c1-69(2)59-44-52(72(51-32-18-9-19-33-51)62-36-22-20-34-54(62)47-26-12-6-13-27-47)38-40-56(59)67-64(69)65-68(74-67)57-41-39-53(45-60(57)70(65,3)4)73(63-37-23-21-35-55(63)48-28-14-7-15-29-48)66-58(49-30-16-8-17-31-49)42-50(43-61(66)71)46-24-10-5-11-25-46/h5-45H,1-4H3. The number of anilines is 6. The van der Waals surface area contributed by atoms with Gasteiger partial charge in [0.15, 0.2) is 0 Å². The van der Waals surface area contributed by atoms with Gasteiger partial charge in [0.25, 0.3) is 0 Å². The minimum absolute atomic E-state index is 0.293. The second-order valence-electron chi connectivity index (χ2n) is 20.6. The highest BCUT2D eigenvalue weighted by molar-refractivity contribution is 7.19. The van der Waals surface area contributed by atoms with Crippen LogP contribution in [0.5, 0.6) is 0 Å². The summed E-state index contributed by atoms with van der Waals surface area (Å²) in [4.78, 5) is 7.27. The van der Waals surface area contributed by atoms with Crippen LogP contribution in [0.15, 0.2) is 249 Å². The molecule has 13 rings (SSSR count). The third-order valence-electron chi connectivity index (χ3n) is 15.5. The summed E-state index contributed by atoms with van der Waals surface area (Å²) in [5.74, 6) is -0.293. The third kappa shape index (κ3) is 7.35. The van der Waals surface area contributed by atoms with E-state index in [1.54, 1.807) is 6.07 Å². The Labute approximate surface area is 438 Å². The number of hydrogen-bond donors (Lipinski definition) is 0. The smallest absolute Gasteiger partial charge is 0.148 e. The number of nitrogens with zero attached hydrogens (tertiary/aromatic N) is 2. The number of benzene rings is 10. The average molecular weight is 973 g/mol. The van der Waals surface area contributed by atoms with Gasteiger partial charge in [0, 0.05) is 54.3 Å².